The SMILES string of the molecule is CC(=O)N1CCc2cc(NC(=O)c3ccc(SC(F)(F)F)cc3)ccc21. The van der Waals surface area contributed by atoms with E-state index in [9.17, 15) is 22.8 Å². The predicted molar refractivity (Wildman–Crippen MR) is 94.5 cm³/mol. The number of rotatable bonds is 3. The Balaban J connectivity index is 1.70. The van der Waals surface area contributed by atoms with Gasteiger partial charge in [0.15, 0.2) is 0 Å². The number of thioether (sulfide) groups is 1. The van der Waals surface area contributed by atoms with Crippen molar-refractivity contribution in [2.45, 2.75) is 23.7 Å². The Kier molecular flexibility index (Phi) is 4.95. The van der Waals surface area contributed by atoms with E-state index >= 15 is 0 Å². The molecule has 0 spiro atoms. The third-order valence-corrected chi connectivity index (χ3v) is 4.70. The van der Waals surface area contributed by atoms with E-state index in [4.69, 9.17) is 0 Å². The topological polar surface area (TPSA) is 49.4 Å². The van der Waals surface area contributed by atoms with Crippen LogP contribution in [-0.4, -0.2) is 23.9 Å². The van der Waals surface area contributed by atoms with Crippen LogP contribution in [0, 0.1) is 0 Å². The van der Waals surface area contributed by atoms with Gasteiger partial charge in [-0.3, -0.25) is 9.59 Å². The Labute approximate surface area is 152 Å². The van der Waals surface area contributed by atoms with Gasteiger partial charge in [-0.15, -0.1) is 0 Å². The summed E-state index contributed by atoms with van der Waals surface area (Å²) in [6.45, 7) is 2.12. The van der Waals surface area contributed by atoms with E-state index in [2.05, 4.69) is 5.32 Å². The molecule has 2 aromatic rings. The molecule has 1 aliphatic heterocycles. The van der Waals surface area contributed by atoms with Crippen molar-refractivity contribution < 1.29 is 22.8 Å². The molecule has 0 unspecified atom stereocenters. The molecule has 0 bridgehead atoms. The number of fused-ring (bicyclic) bond motifs is 1. The van der Waals surface area contributed by atoms with E-state index in [0.29, 0.717) is 18.7 Å². The summed E-state index contributed by atoms with van der Waals surface area (Å²) >= 11 is -0.223. The molecule has 0 aromatic heterocycles. The molecule has 0 saturated heterocycles. The summed E-state index contributed by atoms with van der Waals surface area (Å²) in [5, 5.41) is 2.73. The van der Waals surface area contributed by atoms with Crippen LogP contribution >= 0.6 is 11.8 Å². The number of nitrogens with one attached hydrogen (secondary N) is 1. The zero-order chi connectivity index (χ0) is 18.9. The third kappa shape index (κ3) is 4.19. The Bertz CT molecular complexity index is 851. The number of anilines is 2. The van der Waals surface area contributed by atoms with Gasteiger partial charge >= 0.3 is 5.51 Å². The quantitative estimate of drug-likeness (QED) is 0.800. The molecular formula is C18H15F3N2O2S. The molecule has 26 heavy (non-hydrogen) atoms. The van der Waals surface area contributed by atoms with Crippen LogP contribution < -0.4 is 10.2 Å². The molecule has 2 amide bonds. The van der Waals surface area contributed by atoms with E-state index in [1.165, 1.54) is 31.2 Å². The minimum absolute atomic E-state index is 0.0240. The minimum Gasteiger partial charge on any atom is -0.322 e. The number of halogens is 3. The van der Waals surface area contributed by atoms with E-state index in [1.54, 1.807) is 17.0 Å². The molecule has 3 rings (SSSR count). The molecule has 1 N–H and O–H groups in total. The first-order chi connectivity index (χ1) is 12.2. The molecule has 0 atom stereocenters. The van der Waals surface area contributed by atoms with Gasteiger partial charge in [0.25, 0.3) is 5.91 Å². The average Bonchev–Trinajstić information content (AvgIpc) is 2.97. The van der Waals surface area contributed by atoms with Crippen LogP contribution in [0.3, 0.4) is 0 Å². The fraction of sp³-hybridized carbons (Fsp3) is 0.222. The Morgan fingerprint density at radius 3 is 2.42 bits per heavy atom. The van der Waals surface area contributed by atoms with Gasteiger partial charge in [-0.25, -0.2) is 0 Å². The summed E-state index contributed by atoms with van der Waals surface area (Å²) in [5.74, 6) is -0.438. The maximum Gasteiger partial charge on any atom is 0.446 e. The monoisotopic (exact) mass is 380 g/mol. The number of nitrogens with zero attached hydrogens (tertiary/aromatic N) is 1. The molecule has 0 fully saturated rings. The number of carbonyl (C=O) groups is 2. The van der Waals surface area contributed by atoms with Crippen molar-refractivity contribution >= 4 is 35.0 Å². The lowest BCUT2D eigenvalue weighted by Gasteiger charge is -2.15. The standard InChI is InChI=1S/C18H15F3N2O2S/c1-11(24)23-9-8-13-10-14(4-7-16(13)23)22-17(25)12-2-5-15(6-3-12)26-18(19,20)21/h2-7,10H,8-9H2,1H3,(H,22,25). The first-order valence-electron chi connectivity index (χ1n) is 7.81. The summed E-state index contributed by atoms with van der Waals surface area (Å²) in [7, 11) is 0. The van der Waals surface area contributed by atoms with Gasteiger partial charge < -0.3 is 10.2 Å². The zero-order valence-electron chi connectivity index (χ0n) is 13.8. The smallest absolute Gasteiger partial charge is 0.322 e. The fourth-order valence-corrected chi connectivity index (χ4v) is 3.36. The third-order valence-electron chi connectivity index (χ3n) is 3.96. The fourth-order valence-electron chi connectivity index (χ4n) is 2.82. The highest BCUT2D eigenvalue weighted by atomic mass is 32.2. The van der Waals surface area contributed by atoms with Crippen LogP contribution in [0.15, 0.2) is 47.4 Å². The molecule has 1 aliphatic rings. The molecular weight excluding hydrogens is 365 g/mol. The maximum atomic E-state index is 12.3. The van der Waals surface area contributed by atoms with Gasteiger partial charge in [-0.05, 0) is 66.2 Å². The van der Waals surface area contributed by atoms with Gasteiger partial charge in [0.2, 0.25) is 5.91 Å². The lowest BCUT2D eigenvalue weighted by Crippen LogP contribution is -2.25. The maximum absolute atomic E-state index is 12.3. The largest absolute Gasteiger partial charge is 0.446 e. The van der Waals surface area contributed by atoms with Crippen LogP contribution in [0.1, 0.15) is 22.8 Å². The van der Waals surface area contributed by atoms with Crippen molar-refractivity contribution in [3.8, 4) is 0 Å². The molecule has 1 heterocycles. The molecule has 0 radical (unpaired) electrons. The van der Waals surface area contributed by atoms with Gasteiger partial charge in [0.1, 0.15) is 0 Å². The summed E-state index contributed by atoms with van der Waals surface area (Å²) in [5.41, 5.74) is -1.71. The van der Waals surface area contributed by atoms with Gasteiger partial charge in [0.05, 0.1) is 0 Å². The van der Waals surface area contributed by atoms with Crippen LogP contribution in [0.4, 0.5) is 24.5 Å². The van der Waals surface area contributed by atoms with E-state index in [1.807, 2.05) is 6.07 Å². The van der Waals surface area contributed by atoms with Crippen molar-refractivity contribution in [2.75, 3.05) is 16.8 Å². The lowest BCUT2D eigenvalue weighted by molar-refractivity contribution is -0.116. The number of carbonyl (C=O) groups excluding carboxylic acids is 2. The van der Waals surface area contributed by atoms with Crippen LogP contribution in [0.5, 0.6) is 0 Å². The highest BCUT2D eigenvalue weighted by Crippen LogP contribution is 2.36. The number of hydrogen-bond acceptors (Lipinski definition) is 3. The molecule has 0 aliphatic carbocycles. The Hall–Kier alpha value is -2.48. The van der Waals surface area contributed by atoms with Crippen LogP contribution in [0.2, 0.25) is 0 Å². The van der Waals surface area contributed by atoms with Gasteiger partial charge in [-0.1, -0.05) is 0 Å². The van der Waals surface area contributed by atoms with Gasteiger partial charge in [0, 0.05) is 35.3 Å². The summed E-state index contributed by atoms with van der Waals surface area (Å²) in [6.07, 6.45) is 0.710. The van der Waals surface area contributed by atoms with E-state index in [0.717, 1.165) is 11.3 Å². The minimum atomic E-state index is -4.36. The highest BCUT2D eigenvalue weighted by Gasteiger charge is 2.29. The lowest BCUT2D eigenvalue weighted by atomic mass is 10.1. The van der Waals surface area contributed by atoms with E-state index < -0.39 is 11.4 Å². The van der Waals surface area contributed by atoms with E-state index in [-0.39, 0.29) is 28.1 Å². The zero-order valence-corrected chi connectivity index (χ0v) is 14.6. The number of amides is 2. The normalized spacial score (nSPS) is 13.5. The number of hydrogen-bond donors (Lipinski definition) is 1. The number of benzene rings is 2. The van der Waals surface area contributed by atoms with Crippen molar-refractivity contribution in [2.24, 2.45) is 0 Å². The first-order valence-corrected chi connectivity index (χ1v) is 8.63. The molecule has 136 valence electrons. The second-order valence-electron chi connectivity index (χ2n) is 5.79. The number of alkyl halides is 3. The van der Waals surface area contributed by atoms with Crippen molar-refractivity contribution in [1.29, 1.82) is 0 Å². The Morgan fingerprint density at radius 1 is 1.12 bits per heavy atom. The molecule has 0 saturated carbocycles. The van der Waals surface area contributed by atoms with Crippen LogP contribution in [0.25, 0.3) is 0 Å². The summed E-state index contributed by atoms with van der Waals surface area (Å²) in [6, 6.07) is 10.5. The average molecular weight is 380 g/mol. The predicted octanol–water partition coefficient (Wildman–Crippen LogP) is 4.46. The highest BCUT2D eigenvalue weighted by molar-refractivity contribution is 8.00. The van der Waals surface area contributed by atoms with Crippen molar-refractivity contribution in [3.05, 3.63) is 53.6 Å². The van der Waals surface area contributed by atoms with Crippen LogP contribution in [-0.2, 0) is 11.2 Å². The molecule has 4 nitrogen and oxygen atoms in total. The van der Waals surface area contributed by atoms with Crippen molar-refractivity contribution in [1.82, 2.24) is 0 Å². The van der Waals surface area contributed by atoms with Gasteiger partial charge in [-0.2, -0.15) is 13.2 Å². The second-order valence-corrected chi connectivity index (χ2v) is 6.93. The summed E-state index contributed by atoms with van der Waals surface area (Å²) < 4.78 is 37.0. The van der Waals surface area contributed by atoms with Crippen molar-refractivity contribution in [3.63, 3.8) is 0 Å². The Morgan fingerprint density at radius 2 is 1.81 bits per heavy atom. The second kappa shape index (κ2) is 7.03. The summed E-state index contributed by atoms with van der Waals surface area (Å²) in [4.78, 5) is 25.5. The first kappa shape index (κ1) is 18.3. The molecule has 8 heteroatoms. The molecule has 2 aromatic carbocycles.